The van der Waals surface area contributed by atoms with E-state index in [1.807, 2.05) is 6.08 Å². The van der Waals surface area contributed by atoms with Crippen LogP contribution in [-0.4, -0.2) is 16.9 Å². The van der Waals surface area contributed by atoms with E-state index in [0.29, 0.717) is 0 Å². The van der Waals surface area contributed by atoms with Crippen molar-refractivity contribution in [1.29, 1.82) is 0 Å². The Morgan fingerprint density at radius 2 is 2.29 bits per heavy atom. The SMILES string of the molecule is [O-][NH+]1C=CCN2C3=C(CCCC3)SC21. The van der Waals surface area contributed by atoms with Crippen molar-refractivity contribution in [1.82, 2.24) is 4.90 Å². The van der Waals surface area contributed by atoms with E-state index in [1.54, 1.807) is 18.0 Å². The lowest BCUT2D eigenvalue weighted by Gasteiger charge is -2.36. The normalized spacial score (nSPS) is 35.9. The maximum atomic E-state index is 11.6. The lowest BCUT2D eigenvalue weighted by atomic mass is 10.0. The summed E-state index contributed by atoms with van der Waals surface area (Å²) in [4.78, 5) is 3.78. The van der Waals surface area contributed by atoms with Gasteiger partial charge in [0.2, 0.25) is 5.50 Å². The van der Waals surface area contributed by atoms with E-state index >= 15 is 0 Å². The smallest absolute Gasteiger partial charge is 0.220 e. The first-order chi connectivity index (χ1) is 6.86. The number of fused-ring (bicyclic) bond motifs is 2. The van der Waals surface area contributed by atoms with Crippen LogP contribution < -0.4 is 5.06 Å². The highest BCUT2D eigenvalue weighted by Crippen LogP contribution is 2.43. The minimum atomic E-state index is 0.0862. The first-order valence-corrected chi connectivity index (χ1v) is 6.10. The molecule has 0 saturated heterocycles. The first-order valence-electron chi connectivity index (χ1n) is 5.22. The Kier molecular flexibility index (Phi) is 2.08. The summed E-state index contributed by atoms with van der Waals surface area (Å²) in [6.45, 7) is 0.933. The molecule has 0 saturated carbocycles. The molecule has 0 aromatic carbocycles. The van der Waals surface area contributed by atoms with Crippen LogP contribution in [0.15, 0.2) is 22.9 Å². The van der Waals surface area contributed by atoms with Gasteiger partial charge in [0.05, 0.1) is 6.20 Å². The van der Waals surface area contributed by atoms with E-state index in [4.69, 9.17) is 0 Å². The summed E-state index contributed by atoms with van der Waals surface area (Å²) in [7, 11) is 0. The summed E-state index contributed by atoms with van der Waals surface area (Å²) in [5.74, 6) is 0. The predicted molar refractivity (Wildman–Crippen MR) is 57.0 cm³/mol. The number of nitrogens with zero attached hydrogens (tertiary/aromatic N) is 1. The molecule has 2 aliphatic heterocycles. The molecule has 0 amide bonds. The number of allylic oxidation sites excluding steroid dienone is 2. The molecule has 3 nitrogen and oxygen atoms in total. The summed E-state index contributed by atoms with van der Waals surface area (Å²) in [6, 6.07) is 0. The molecule has 0 radical (unpaired) electrons. The van der Waals surface area contributed by atoms with Crippen LogP contribution >= 0.6 is 11.8 Å². The molecule has 0 aromatic heterocycles. The molecule has 0 bridgehead atoms. The van der Waals surface area contributed by atoms with Crippen LogP contribution in [0.5, 0.6) is 0 Å². The Balaban J connectivity index is 1.90. The summed E-state index contributed by atoms with van der Waals surface area (Å²) in [6.07, 6.45) is 8.70. The molecular weight excluding hydrogens is 196 g/mol. The van der Waals surface area contributed by atoms with Gasteiger partial charge in [-0.2, -0.15) is 0 Å². The fraction of sp³-hybridized carbons (Fsp3) is 0.600. The Bertz CT molecular complexity index is 313. The van der Waals surface area contributed by atoms with Gasteiger partial charge < -0.3 is 15.2 Å². The van der Waals surface area contributed by atoms with Gasteiger partial charge in [0, 0.05) is 17.1 Å². The van der Waals surface area contributed by atoms with Crippen LogP contribution in [0.25, 0.3) is 0 Å². The number of hydrogen-bond donors (Lipinski definition) is 1. The highest BCUT2D eigenvalue weighted by Gasteiger charge is 2.37. The largest absolute Gasteiger partial charge is 0.627 e. The lowest BCUT2D eigenvalue weighted by Crippen LogP contribution is -3.08. The van der Waals surface area contributed by atoms with E-state index in [1.165, 1.54) is 36.3 Å². The number of rotatable bonds is 0. The van der Waals surface area contributed by atoms with Gasteiger partial charge in [-0.3, -0.25) is 0 Å². The second kappa shape index (κ2) is 3.29. The summed E-state index contributed by atoms with van der Waals surface area (Å²) in [5.41, 5.74) is 1.55. The standard InChI is InChI=1S/C10H14N2OS/c13-12-7-3-6-11-8-4-1-2-5-9(8)14-10(11)12/h3,7,10,12H,1-2,4-6H2. The van der Waals surface area contributed by atoms with Gasteiger partial charge in [-0.1, -0.05) is 0 Å². The number of thioether (sulfide) groups is 1. The molecule has 2 unspecified atom stereocenters. The molecule has 3 rings (SSSR count). The fourth-order valence-electron chi connectivity index (χ4n) is 2.41. The summed E-state index contributed by atoms with van der Waals surface area (Å²) >= 11 is 1.79. The second-order valence-electron chi connectivity index (χ2n) is 4.00. The maximum Gasteiger partial charge on any atom is 0.220 e. The van der Waals surface area contributed by atoms with E-state index < -0.39 is 0 Å². The number of hydroxylamine groups is 2. The molecule has 0 fully saturated rings. The first kappa shape index (κ1) is 8.83. The van der Waals surface area contributed by atoms with Crippen LogP contribution in [0, 0.1) is 5.21 Å². The number of quaternary nitrogens is 1. The molecule has 0 spiro atoms. The summed E-state index contributed by atoms with van der Waals surface area (Å²) in [5, 5.41) is 11.9. The van der Waals surface area contributed by atoms with Crippen LogP contribution in [0.1, 0.15) is 25.7 Å². The van der Waals surface area contributed by atoms with Crippen molar-refractivity contribution in [2.24, 2.45) is 0 Å². The van der Waals surface area contributed by atoms with Gasteiger partial charge in [-0.05, 0) is 43.5 Å². The Morgan fingerprint density at radius 3 is 3.21 bits per heavy atom. The summed E-state index contributed by atoms with van der Waals surface area (Å²) < 4.78 is 0. The van der Waals surface area contributed by atoms with Gasteiger partial charge in [0.15, 0.2) is 0 Å². The molecule has 4 heteroatoms. The lowest BCUT2D eigenvalue weighted by molar-refractivity contribution is -0.818. The van der Waals surface area contributed by atoms with Gasteiger partial charge in [0.1, 0.15) is 0 Å². The van der Waals surface area contributed by atoms with Crippen molar-refractivity contribution in [3.63, 3.8) is 0 Å². The average Bonchev–Trinajstić information content (AvgIpc) is 2.59. The third-order valence-electron chi connectivity index (χ3n) is 3.10. The van der Waals surface area contributed by atoms with Crippen molar-refractivity contribution in [2.75, 3.05) is 6.54 Å². The van der Waals surface area contributed by atoms with Crippen molar-refractivity contribution in [2.45, 2.75) is 31.2 Å². The Hall–Kier alpha value is -0.450. The van der Waals surface area contributed by atoms with Gasteiger partial charge in [0.25, 0.3) is 0 Å². The van der Waals surface area contributed by atoms with Crippen LogP contribution in [0.4, 0.5) is 0 Å². The second-order valence-corrected chi connectivity index (χ2v) is 5.18. The van der Waals surface area contributed by atoms with Gasteiger partial charge in [-0.15, -0.1) is 0 Å². The highest BCUT2D eigenvalue weighted by molar-refractivity contribution is 8.03. The molecule has 14 heavy (non-hydrogen) atoms. The van der Waals surface area contributed by atoms with E-state index in [0.717, 1.165) is 6.54 Å². The molecular formula is C10H14N2OS. The van der Waals surface area contributed by atoms with Crippen molar-refractivity contribution < 1.29 is 5.06 Å². The molecule has 0 aromatic rings. The minimum absolute atomic E-state index is 0.0862. The molecule has 2 heterocycles. The van der Waals surface area contributed by atoms with E-state index in [-0.39, 0.29) is 10.6 Å². The van der Waals surface area contributed by atoms with Crippen LogP contribution in [-0.2, 0) is 0 Å². The van der Waals surface area contributed by atoms with Crippen molar-refractivity contribution >= 4 is 11.8 Å². The Labute approximate surface area is 88.0 Å². The molecule has 2 atom stereocenters. The van der Waals surface area contributed by atoms with Crippen molar-refractivity contribution in [3.05, 3.63) is 28.1 Å². The third-order valence-corrected chi connectivity index (χ3v) is 4.53. The third kappa shape index (κ3) is 1.21. The average molecular weight is 210 g/mol. The predicted octanol–water partition coefficient (Wildman–Crippen LogP) is 1.01. The highest BCUT2D eigenvalue weighted by atomic mass is 32.2. The maximum absolute atomic E-state index is 11.6. The molecule has 76 valence electrons. The van der Waals surface area contributed by atoms with Gasteiger partial charge >= 0.3 is 0 Å². The molecule has 1 aliphatic carbocycles. The van der Waals surface area contributed by atoms with Crippen LogP contribution in [0.2, 0.25) is 0 Å². The zero-order chi connectivity index (χ0) is 9.54. The molecule has 1 N–H and O–H groups in total. The quantitative estimate of drug-likeness (QED) is 0.605. The van der Waals surface area contributed by atoms with Crippen LogP contribution in [0.3, 0.4) is 0 Å². The van der Waals surface area contributed by atoms with Crippen molar-refractivity contribution in [3.8, 4) is 0 Å². The zero-order valence-corrected chi connectivity index (χ0v) is 8.85. The number of hydrogen-bond acceptors (Lipinski definition) is 3. The molecule has 3 aliphatic rings. The number of nitrogens with one attached hydrogen (secondary N) is 1. The fourth-order valence-corrected chi connectivity index (χ4v) is 3.84. The topological polar surface area (TPSA) is 30.7 Å². The minimum Gasteiger partial charge on any atom is -0.627 e. The zero-order valence-electron chi connectivity index (χ0n) is 8.03. The van der Waals surface area contributed by atoms with Gasteiger partial charge in [-0.25, -0.2) is 0 Å². The van der Waals surface area contributed by atoms with E-state index in [9.17, 15) is 5.21 Å². The Morgan fingerprint density at radius 1 is 1.43 bits per heavy atom. The van der Waals surface area contributed by atoms with E-state index in [2.05, 4.69) is 4.90 Å². The monoisotopic (exact) mass is 210 g/mol.